The van der Waals surface area contributed by atoms with Crippen molar-refractivity contribution in [1.82, 2.24) is 10.2 Å². The fraction of sp³-hybridized carbons (Fsp3) is 0.429. The third-order valence-electron chi connectivity index (χ3n) is 2.84. The number of rotatable bonds is 8. The van der Waals surface area contributed by atoms with Crippen molar-refractivity contribution in [1.29, 1.82) is 0 Å². The number of benzene rings is 1. The zero-order valence-corrected chi connectivity index (χ0v) is 11.9. The number of nitrogens with zero attached hydrogens (tertiary/aromatic N) is 1. The number of amides is 2. The molecule has 2 amide bonds. The molecule has 0 radical (unpaired) electrons. The van der Waals surface area contributed by atoms with Gasteiger partial charge in [-0.15, -0.1) is 0 Å². The molecule has 0 aliphatic heterocycles. The summed E-state index contributed by atoms with van der Waals surface area (Å²) in [4.78, 5) is 24.3. The largest absolute Gasteiger partial charge is 0.478 e. The normalized spacial score (nSPS) is 10.2. The minimum atomic E-state index is -1.01. The van der Waals surface area contributed by atoms with Crippen LogP contribution in [0.2, 0.25) is 0 Å². The molecule has 0 bridgehead atoms. The average Bonchev–Trinajstić information content (AvgIpc) is 2.49. The molecular weight excluding hydrogens is 276 g/mol. The molecule has 0 heterocycles. The number of urea groups is 1. The molecule has 0 fully saturated rings. The lowest BCUT2D eigenvalue weighted by atomic mass is 10.1. The molecule has 0 saturated heterocycles. The zero-order valence-electron chi connectivity index (χ0n) is 11.9. The highest BCUT2D eigenvalue weighted by molar-refractivity contribution is 5.87. The van der Waals surface area contributed by atoms with E-state index in [4.69, 9.17) is 14.9 Å². The number of aliphatic hydroxyl groups is 1. The van der Waals surface area contributed by atoms with Crippen LogP contribution in [-0.2, 0) is 11.3 Å². The topological polar surface area (TPSA) is 99.1 Å². The van der Waals surface area contributed by atoms with Crippen molar-refractivity contribution in [2.75, 3.05) is 33.4 Å². The van der Waals surface area contributed by atoms with E-state index in [1.165, 1.54) is 24.1 Å². The summed E-state index contributed by atoms with van der Waals surface area (Å²) in [5.41, 5.74) is 0.868. The van der Waals surface area contributed by atoms with Crippen LogP contribution in [0.15, 0.2) is 24.3 Å². The van der Waals surface area contributed by atoms with Crippen molar-refractivity contribution in [3.05, 3.63) is 35.4 Å². The molecule has 0 aliphatic rings. The Hall–Kier alpha value is -2.12. The van der Waals surface area contributed by atoms with Crippen LogP contribution in [0, 0.1) is 0 Å². The number of hydrogen-bond acceptors (Lipinski definition) is 4. The first-order valence-electron chi connectivity index (χ1n) is 6.53. The zero-order chi connectivity index (χ0) is 15.7. The number of carbonyl (C=O) groups is 2. The number of carbonyl (C=O) groups excluding carboxylic acids is 1. The van der Waals surface area contributed by atoms with E-state index in [0.29, 0.717) is 18.7 Å². The third kappa shape index (κ3) is 5.80. The van der Waals surface area contributed by atoms with Crippen LogP contribution in [0.4, 0.5) is 4.79 Å². The van der Waals surface area contributed by atoms with Gasteiger partial charge in [0.05, 0.1) is 18.8 Å². The van der Waals surface area contributed by atoms with Crippen LogP contribution < -0.4 is 5.32 Å². The second-order valence-electron chi connectivity index (χ2n) is 4.37. The Morgan fingerprint density at radius 3 is 2.71 bits per heavy atom. The second kappa shape index (κ2) is 8.93. The van der Waals surface area contributed by atoms with E-state index in [2.05, 4.69) is 5.32 Å². The van der Waals surface area contributed by atoms with Gasteiger partial charge in [0, 0.05) is 26.7 Å². The van der Waals surface area contributed by atoms with Crippen LogP contribution in [-0.4, -0.2) is 60.5 Å². The molecule has 0 atom stereocenters. The quantitative estimate of drug-likeness (QED) is 0.650. The van der Waals surface area contributed by atoms with Crippen molar-refractivity contribution in [2.24, 2.45) is 0 Å². The van der Waals surface area contributed by atoms with E-state index < -0.39 is 5.97 Å². The van der Waals surface area contributed by atoms with Gasteiger partial charge in [0.15, 0.2) is 0 Å². The highest BCUT2D eigenvalue weighted by Gasteiger charge is 2.12. The first-order chi connectivity index (χ1) is 10.1. The second-order valence-corrected chi connectivity index (χ2v) is 4.37. The maximum absolute atomic E-state index is 12.0. The minimum Gasteiger partial charge on any atom is -0.478 e. The maximum Gasteiger partial charge on any atom is 0.335 e. The Labute approximate surface area is 123 Å². The number of carboxylic acid groups (broad SMARTS) is 1. The molecule has 0 saturated carbocycles. The average molecular weight is 296 g/mol. The molecule has 7 heteroatoms. The van der Waals surface area contributed by atoms with Gasteiger partial charge in [-0.1, -0.05) is 12.1 Å². The Morgan fingerprint density at radius 1 is 1.33 bits per heavy atom. The van der Waals surface area contributed by atoms with E-state index in [9.17, 15) is 9.59 Å². The number of methoxy groups -OCH3 is 1. The Bertz CT molecular complexity index is 478. The number of aromatic carboxylic acids is 1. The molecule has 7 nitrogen and oxygen atoms in total. The summed E-state index contributed by atoms with van der Waals surface area (Å²) in [7, 11) is 1.53. The number of nitrogens with one attached hydrogen (secondary N) is 1. The monoisotopic (exact) mass is 296 g/mol. The van der Waals surface area contributed by atoms with Gasteiger partial charge in [-0.2, -0.15) is 0 Å². The van der Waals surface area contributed by atoms with E-state index >= 15 is 0 Å². The van der Waals surface area contributed by atoms with Gasteiger partial charge < -0.3 is 25.2 Å². The van der Waals surface area contributed by atoms with Gasteiger partial charge >= 0.3 is 12.0 Å². The van der Waals surface area contributed by atoms with Crippen molar-refractivity contribution < 1.29 is 24.5 Å². The van der Waals surface area contributed by atoms with E-state index in [0.717, 1.165) is 0 Å². The molecule has 116 valence electrons. The van der Waals surface area contributed by atoms with Crippen LogP contribution in [0.1, 0.15) is 15.9 Å². The molecule has 0 unspecified atom stereocenters. The van der Waals surface area contributed by atoms with Crippen molar-refractivity contribution in [3.63, 3.8) is 0 Å². The lowest BCUT2D eigenvalue weighted by molar-refractivity contribution is 0.0696. The van der Waals surface area contributed by atoms with Gasteiger partial charge in [-0.05, 0) is 17.7 Å². The molecular formula is C14H20N2O5. The van der Waals surface area contributed by atoms with Gasteiger partial charge in [0.1, 0.15) is 0 Å². The summed E-state index contributed by atoms with van der Waals surface area (Å²) in [5, 5.41) is 20.5. The molecule has 21 heavy (non-hydrogen) atoms. The predicted molar refractivity (Wildman–Crippen MR) is 76.2 cm³/mol. The standard InChI is InChI=1S/C14H20N2O5/c1-21-8-6-16(5-7-17)14(20)15-10-11-3-2-4-12(9-11)13(18)19/h2-4,9,17H,5-8,10H2,1H3,(H,15,20)(H,18,19). The SMILES string of the molecule is COCCN(CCO)C(=O)NCc1cccc(C(=O)O)c1. The Kier molecular flexibility index (Phi) is 7.20. The predicted octanol–water partition coefficient (Wildman–Crippen LogP) is 0.535. The maximum atomic E-state index is 12.0. The molecule has 1 aromatic carbocycles. The molecule has 1 rings (SSSR count). The van der Waals surface area contributed by atoms with Crippen LogP contribution in [0.5, 0.6) is 0 Å². The lowest BCUT2D eigenvalue weighted by Crippen LogP contribution is -2.42. The van der Waals surface area contributed by atoms with E-state index in [1.54, 1.807) is 12.1 Å². The Balaban J connectivity index is 2.57. The number of ether oxygens (including phenoxy) is 1. The summed E-state index contributed by atoms with van der Waals surface area (Å²) >= 11 is 0. The summed E-state index contributed by atoms with van der Waals surface area (Å²) < 4.78 is 4.91. The fourth-order valence-electron chi connectivity index (χ4n) is 1.74. The number of aliphatic hydroxyl groups excluding tert-OH is 1. The van der Waals surface area contributed by atoms with Gasteiger partial charge in [0.2, 0.25) is 0 Å². The van der Waals surface area contributed by atoms with Gasteiger partial charge in [-0.3, -0.25) is 0 Å². The van der Waals surface area contributed by atoms with Crippen molar-refractivity contribution >= 4 is 12.0 Å². The van der Waals surface area contributed by atoms with E-state index in [-0.39, 0.29) is 31.3 Å². The minimum absolute atomic E-state index is 0.133. The van der Waals surface area contributed by atoms with Crippen molar-refractivity contribution in [2.45, 2.75) is 6.54 Å². The summed E-state index contributed by atoms with van der Waals surface area (Å²) in [6, 6.07) is 6.03. The smallest absolute Gasteiger partial charge is 0.335 e. The summed E-state index contributed by atoms with van der Waals surface area (Å²) in [6.07, 6.45) is 0. The highest BCUT2D eigenvalue weighted by Crippen LogP contribution is 2.05. The lowest BCUT2D eigenvalue weighted by Gasteiger charge is -2.21. The molecule has 0 spiro atoms. The van der Waals surface area contributed by atoms with E-state index in [1.807, 2.05) is 0 Å². The highest BCUT2D eigenvalue weighted by atomic mass is 16.5. The van der Waals surface area contributed by atoms with Crippen molar-refractivity contribution in [3.8, 4) is 0 Å². The van der Waals surface area contributed by atoms with Crippen LogP contribution >= 0.6 is 0 Å². The fourth-order valence-corrected chi connectivity index (χ4v) is 1.74. The first kappa shape index (κ1) is 16.9. The van der Waals surface area contributed by atoms with Gasteiger partial charge in [0.25, 0.3) is 0 Å². The van der Waals surface area contributed by atoms with Crippen LogP contribution in [0.3, 0.4) is 0 Å². The first-order valence-corrected chi connectivity index (χ1v) is 6.53. The summed E-state index contributed by atoms with van der Waals surface area (Å²) in [6.45, 7) is 1.05. The molecule has 3 N–H and O–H groups in total. The number of carboxylic acids is 1. The van der Waals surface area contributed by atoms with Crippen LogP contribution in [0.25, 0.3) is 0 Å². The molecule has 0 aliphatic carbocycles. The number of hydrogen-bond donors (Lipinski definition) is 3. The van der Waals surface area contributed by atoms with Gasteiger partial charge in [-0.25, -0.2) is 9.59 Å². The summed E-state index contributed by atoms with van der Waals surface area (Å²) in [5.74, 6) is -1.01. The molecule has 0 aromatic heterocycles. The molecule has 1 aromatic rings. The Morgan fingerprint density at radius 2 is 2.10 bits per heavy atom. The third-order valence-corrected chi connectivity index (χ3v) is 2.84.